The van der Waals surface area contributed by atoms with Gasteiger partial charge in [-0.25, -0.2) is 0 Å². The van der Waals surface area contributed by atoms with Crippen molar-refractivity contribution >= 4 is 0 Å². The van der Waals surface area contributed by atoms with Crippen molar-refractivity contribution in [2.24, 2.45) is 0 Å². The first-order chi connectivity index (χ1) is 0. The van der Waals surface area contributed by atoms with Gasteiger partial charge in [0.1, 0.15) is 0 Å². The van der Waals surface area contributed by atoms with Gasteiger partial charge in [0.05, 0.1) is 0 Å². The molecule has 0 atom stereocenters. The summed E-state index contributed by atoms with van der Waals surface area (Å²) < 4.78 is 0. The molecule has 0 aromatic heterocycles. The second-order valence-electron chi connectivity index (χ2n) is 0. The maximum absolute atomic E-state index is 0. The molecule has 0 radical (unpaired) electrons. The van der Waals surface area contributed by atoms with E-state index in [4.69, 9.17) is 0 Å². The van der Waals surface area contributed by atoms with Crippen LogP contribution in [0.2, 0.25) is 0 Å². The van der Waals surface area contributed by atoms with E-state index >= 15 is 0 Å². The van der Waals surface area contributed by atoms with Crippen LogP contribution in [0, 0.1) is 0 Å². The van der Waals surface area contributed by atoms with Gasteiger partial charge in [0.2, 0.25) is 0 Å². The summed E-state index contributed by atoms with van der Waals surface area (Å²) in [6.45, 7) is 0. The van der Waals surface area contributed by atoms with Crippen molar-refractivity contribution in [1.29, 1.82) is 0 Å². The molecule has 0 aromatic carbocycles. The van der Waals surface area contributed by atoms with E-state index in [0.29, 0.717) is 0 Å². The minimum atomic E-state index is 0. The third-order valence-electron chi connectivity index (χ3n) is 0. The molecule has 8 heavy (non-hydrogen) atoms. The standard InChI is InChI=1S/HI.Ni.6H2O/h1H;;6*1H2/q;+2;;;;;;/p-1. The van der Waals surface area contributed by atoms with Crippen molar-refractivity contribution in [3.63, 3.8) is 0 Å². The Morgan fingerprint density at radius 1 is 0.375 bits per heavy atom. The molecule has 0 fully saturated rings. The van der Waals surface area contributed by atoms with Crippen LogP contribution in [0.25, 0.3) is 0 Å². The summed E-state index contributed by atoms with van der Waals surface area (Å²) in [5.74, 6) is 0. The second kappa shape index (κ2) is 403. The third-order valence-corrected chi connectivity index (χ3v) is 0. The maximum atomic E-state index is 0. The molecule has 6 nitrogen and oxygen atoms in total. The summed E-state index contributed by atoms with van der Waals surface area (Å²) in [7, 11) is 0. The van der Waals surface area contributed by atoms with Crippen molar-refractivity contribution in [2.75, 3.05) is 0 Å². The maximum Gasteiger partial charge on any atom is 2.00 e. The molecule has 0 spiro atoms. The first kappa shape index (κ1) is 592. The van der Waals surface area contributed by atoms with E-state index in [-0.39, 0.29) is 73.3 Å². The minimum Gasteiger partial charge on any atom is -1.00 e. The molecule has 0 saturated heterocycles. The van der Waals surface area contributed by atoms with Crippen molar-refractivity contribution in [3.8, 4) is 0 Å². The van der Waals surface area contributed by atoms with Gasteiger partial charge >= 0.3 is 16.5 Å². The Hall–Kier alpha value is 0.984. The predicted molar refractivity (Wildman–Crippen MR) is 21.7 cm³/mol. The molecule has 0 unspecified atom stereocenters. The third kappa shape index (κ3) is 258. The topological polar surface area (TPSA) is 189 Å². The van der Waals surface area contributed by atoms with Crippen LogP contribution >= 0.6 is 0 Å². The molecular weight excluding hydrogens is 282 g/mol. The van der Waals surface area contributed by atoms with Gasteiger partial charge in [0, 0.05) is 0 Å². The summed E-state index contributed by atoms with van der Waals surface area (Å²) in [6, 6.07) is 0. The second-order valence-corrected chi connectivity index (χ2v) is 0. The molecule has 0 heterocycles. The molecule has 0 aliphatic heterocycles. The molecule has 0 rings (SSSR count). The molecule has 0 aromatic rings. The first-order valence-electron chi connectivity index (χ1n) is 0. The van der Waals surface area contributed by atoms with Gasteiger partial charge in [-0.05, 0) is 0 Å². The van der Waals surface area contributed by atoms with Crippen LogP contribution in [-0.2, 0) is 16.5 Å². The summed E-state index contributed by atoms with van der Waals surface area (Å²) >= 11 is 0. The van der Waals surface area contributed by atoms with Gasteiger partial charge < -0.3 is 56.8 Å². The van der Waals surface area contributed by atoms with E-state index in [1.165, 1.54) is 0 Å². The Morgan fingerprint density at radius 3 is 0.375 bits per heavy atom. The molecule has 0 saturated carbocycles. The van der Waals surface area contributed by atoms with E-state index < -0.39 is 0 Å². The molecule has 0 amide bonds. The SMILES string of the molecule is O.O.O.O.O.O.[I-].[Ni+2]. The Labute approximate surface area is 73.4 Å². The summed E-state index contributed by atoms with van der Waals surface area (Å²) in [4.78, 5) is 0. The van der Waals surface area contributed by atoms with Crippen molar-refractivity contribution < 1.29 is 73.3 Å². The first-order valence-corrected chi connectivity index (χ1v) is 0. The van der Waals surface area contributed by atoms with Crippen LogP contribution in [0.5, 0.6) is 0 Å². The number of halogens is 1. The van der Waals surface area contributed by atoms with Crippen molar-refractivity contribution in [1.82, 2.24) is 0 Å². The van der Waals surface area contributed by atoms with E-state index in [1.807, 2.05) is 0 Å². The molecule has 0 aliphatic rings. The number of hydrogen-bond donors (Lipinski definition) is 0. The average molecular weight is 294 g/mol. The Kier molecular flexibility index (Phi) is 29800. The van der Waals surface area contributed by atoms with Crippen LogP contribution in [0.1, 0.15) is 0 Å². The summed E-state index contributed by atoms with van der Waals surface area (Å²) in [5.41, 5.74) is 0. The monoisotopic (exact) mass is 293 g/mol. The normalized spacial score (nSPS) is 0. The molecule has 64 valence electrons. The number of rotatable bonds is 0. The van der Waals surface area contributed by atoms with Gasteiger partial charge in [-0.15, -0.1) is 0 Å². The zero-order valence-electron chi connectivity index (χ0n) is 3.69. The minimum absolute atomic E-state index is 0. The van der Waals surface area contributed by atoms with Crippen LogP contribution < -0.4 is 24.0 Å². The van der Waals surface area contributed by atoms with Crippen LogP contribution in [0.15, 0.2) is 0 Å². The van der Waals surface area contributed by atoms with E-state index in [2.05, 4.69) is 0 Å². The fourth-order valence-electron chi connectivity index (χ4n) is 0. The van der Waals surface area contributed by atoms with Gasteiger partial charge in [-0.2, -0.15) is 0 Å². The number of hydrogen-bond acceptors (Lipinski definition) is 0. The Morgan fingerprint density at radius 2 is 0.375 bits per heavy atom. The van der Waals surface area contributed by atoms with E-state index in [0.717, 1.165) is 0 Å². The van der Waals surface area contributed by atoms with Crippen molar-refractivity contribution in [2.45, 2.75) is 0 Å². The van der Waals surface area contributed by atoms with E-state index in [1.54, 1.807) is 0 Å². The van der Waals surface area contributed by atoms with Crippen LogP contribution in [0.3, 0.4) is 0 Å². The molecule has 0 bridgehead atoms. The molecular formula is H12INiO6+. The smallest absolute Gasteiger partial charge is 1.00 e. The van der Waals surface area contributed by atoms with Gasteiger partial charge in [-0.1, -0.05) is 0 Å². The summed E-state index contributed by atoms with van der Waals surface area (Å²) in [5, 5.41) is 0. The Bertz CT molecular complexity index is 8.49. The molecule has 0 aliphatic carbocycles. The van der Waals surface area contributed by atoms with Gasteiger partial charge in [0.15, 0.2) is 0 Å². The van der Waals surface area contributed by atoms with Crippen LogP contribution in [-0.4, -0.2) is 32.9 Å². The predicted octanol–water partition coefficient (Wildman–Crippen LogP) is -7.95. The fraction of sp³-hybridized carbons (Fsp3) is 0. The van der Waals surface area contributed by atoms with Crippen molar-refractivity contribution in [3.05, 3.63) is 0 Å². The zero-order chi connectivity index (χ0) is 0. The average Bonchev–Trinajstić information content (AvgIpc) is 0. The zero-order valence-corrected chi connectivity index (χ0v) is 6.84. The van der Waals surface area contributed by atoms with E-state index in [9.17, 15) is 0 Å². The largest absolute Gasteiger partial charge is 2.00 e. The van der Waals surface area contributed by atoms with Crippen LogP contribution in [0.4, 0.5) is 0 Å². The fourth-order valence-corrected chi connectivity index (χ4v) is 0. The summed E-state index contributed by atoms with van der Waals surface area (Å²) in [6.07, 6.45) is 0. The molecule has 12 N–H and O–H groups in total. The quantitative estimate of drug-likeness (QED) is 0.303. The molecule has 8 heteroatoms. The Balaban J connectivity index is 0. The van der Waals surface area contributed by atoms with Gasteiger partial charge in [-0.3, -0.25) is 0 Å². The van der Waals surface area contributed by atoms with Gasteiger partial charge in [0.25, 0.3) is 0 Å².